The van der Waals surface area contributed by atoms with E-state index in [4.69, 9.17) is 10.3 Å². The Bertz CT molecular complexity index is 334. The molecule has 70 valence electrons. The number of rotatable bonds is 1. The fraction of sp³-hybridized carbons (Fsp3) is 0.500. The van der Waals surface area contributed by atoms with Crippen LogP contribution in [-0.2, 0) is 4.79 Å². The lowest BCUT2D eigenvalue weighted by molar-refractivity contribution is -0.117. The summed E-state index contributed by atoms with van der Waals surface area (Å²) in [6.07, 6.45) is 0.389. The van der Waals surface area contributed by atoms with Crippen LogP contribution in [0, 0.1) is 6.92 Å². The first-order chi connectivity index (χ1) is 6.16. The summed E-state index contributed by atoms with van der Waals surface area (Å²) in [5.41, 5.74) is 6.40. The molecule has 1 saturated heterocycles. The quantitative estimate of drug-likeness (QED) is 0.664. The van der Waals surface area contributed by atoms with Gasteiger partial charge < -0.3 is 10.3 Å². The number of carbonyl (C=O) groups is 1. The van der Waals surface area contributed by atoms with Gasteiger partial charge in [-0.2, -0.15) is 0 Å². The first kappa shape index (κ1) is 8.25. The molecular weight excluding hydrogens is 170 g/mol. The first-order valence-corrected chi connectivity index (χ1v) is 4.16. The Morgan fingerprint density at radius 2 is 2.54 bits per heavy atom. The highest BCUT2D eigenvalue weighted by molar-refractivity contribution is 5.94. The number of hydrogen-bond acceptors (Lipinski definition) is 4. The molecule has 2 rings (SSSR count). The Morgan fingerprint density at radius 1 is 1.77 bits per heavy atom. The van der Waals surface area contributed by atoms with Gasteiger partial charge in [0.25, 0.3) is 0 Å². The van der Waals surface area contributed by atoms with E-state index in [0.29, 0.717) is 18.8 Å². The third-order valence-corrected chi connectivity index (χ3v) is 2.04. The van der Waals surface area contributed by atoms with Crippen molar-refractivity contribution in [3.8, 4) is 0 Å². The number of nitrogens with zero attached hydrogens (tertiary/aromatic N) is 2. The fourth-order valence-electron chi connectivity index (χ4n) is 1.43. The molecule has 2 N–H and O–H groups in total. The number of nitrogens with two attached hydrogens (primary N) is 1. The zero-order valence-corrected chi connectivity index (χ0v) is 7.36. The van der Waals surface area contributed by atoms with Gasteiger partial charge in [0.15, 0.2) is 0 Å². The Hall–Kier alpha value is -1.36. The van der Waals surface area contributed by atoms with Crippen LogP contribution < -0.4 is 10.6 Å². The third-order valence-electron chi connectivity index (χ3n) is 2.04. The van der Waals surface area contributed by atoms with Gasteiger partial charge in [0.05, 0.1) is 5.69 Å². The maximum absolute atomic E-state index is 11.4. The average molecular weight is 181 g/mol. The molecule has 0 bridgehead atoms. The normalized spacial score (nSPS) is 22.8. The summed E-state index contributed by atoms with van der Waals surface area (Å²) < 4.78 is 4.97. The molecule has 1 unspecified atom stereocenters. The van der Waals surface area contributed by atoms with E-state index in [1.165, 1.54) is 4.90 Å². The van der Waals surface area contributed by atoms with E-state index in [2.05, 4.69) is 5.16 Å². The molecule has 1 aliphatic heterocycles. The van der Waals surface area contributed by atoms with Crippen molar-refractivity contribution in [2.45, 2.75) is 19.4 Å². The van der Waals surface area contributed by atoms with Crippen LogP contribution >= 0.6 is 0 Å². The van der Waals surface area contributed by atoms with Crippen molar-refractivity contribution in [2.24, 2.45) is 5.73 Å². The van der Waals surface area contributed by atoms with E-state index in [9.17, 15) is 4.79 Å². The van der Waals surface area contributed by atoms with Gasteiger partial charge in [-0.15, -0.1) is 0 Å². The zero-order chi connectivity index (χ0) is 9.42. The van der Waals surface area contributed by atoms with E-state index in [1.54, 1.807) is 6.07 Å². The largest absolute Gasteiger partial charge is 0.338 e. The van der Waals surface area contributed by atoms with Crippen molar-refractivity contribution in [2.75, 3.05) is 11.4 Å². The average Bonchev–Trinajstić information content (AvgIpc) is 2.58. The summed E-state index contributed by atoms with van der Waals surface area (Å²) in [4.78, 5) is 12.9. The standard InChI is InChI=1S/C8H11N3O2/c1-5-2-8(13-10-5)11-4-6(9)3-7(11)12/h2,6H,3-4,9H2,1H3. The number of aryl methyl sites for hydroxylation is 1. The molecule has 13 heavy (non-hydrogen) atoms. The molecule has 0 aliphatic carbocycles. The Balaban J connectivity index is 2.22. The number of aromatic nitrogens is 1. The highest BCUT2D eigenvalue weighted by Crippen LogP contribution is 2.21. The van der Waals surface area contributed by atoms with Gasteiger partial charge in [0, 0.05) is 25.1 Å². The van der Waals surface area contributed by atoms with E-state index in [-0.39, 0.29) is 11.9 Å². The molecule has 5 nitrogen and oxygen atoms in total. The second-order valence-corrected chi connectivity index (χ2v) is 3.28. The van der Waals surface area contributed by atoms with Crippen LogP contribution in [0.15, 0.2) is 10.6 Å². The van der Waals surface area contributed by atoms with Crippen molar-refractivity contribution < 1.29 is 9.32 Å². The second-order valence-electron chi connectivity index (χ2n) is 3.28. The molecule has 0 spiro atoms. The summed E-state index contributed by atoms with van der Waals surface area (Å²) >= 11 is 0. The molecule has 0 saturated carbocycles. The van der Waals surface area contributed by atoms with Gasteiger partial charge in [-0.05, 0) is 6.92 Å². The predicted molar refractivity (Wildman–Crippen MR) is 46.2 cm³/mol. The van der Waals surface area contributed by atoms with E-state index in [1.807, 2.05) is 6.92 Å². The van der Waals surface area contributed by atoms with Crippen molar-refractivity contribution in [1.82, 2.24) is 5.16 Å². The Kier molecular flexibility index (Phi) is 1.81. The molecule has 0 radical (unpaired) electrons. The van der Waals surface area contributed by atoms with Crippen molar-refractivity contribution in [3.63, 3.8) is 0 Å². The van der Waals surface area contributed by atoms with E-state index in [0.717, 1.165) is 5.69 Å². The monoisotopic (exact) mass is 181 g/mol. The van der Waals surface area contributed by atoms with Gasteiger partial charge >= 0.3 is 0 Å². The lowest BCUT2D eigenvalue weighted by Gasteiger charge is -2.09. The summed E-state index contributed by atoms with van der Waals surface area (Å²) in [5.74, 6) is 0.499. The lowest BCUT2D eigenvalue weighted by atomic mass is 10.3. The first-order valence-electron chi connectivity index (χ1n) is 4.16. The summed E-state index contributed by atoms with van der Waals surface area (Å²) in [7, 11) is 0. The zero-order valence-electron chi connectivity index (χ0n) is 7.36. The van der Waals surface area contributed by atoms with Crippen LogP contribution in [0.4, 0.5) is 5.88 Å². The Labute approximate surface area is 75.5 Å². The molecule has 1 aromatic rings. The minimum Gasteiger partial charge on any atom is -0.338 e. The third kappa shape index (κ3) is 1.42. The van der Waals surface area contributed by atoms with E-state index < -0.39 is 0 Å². The molecule has 5 heteroatoms. The highest BCUT2D eigenvalue weighted by atomic mass is 16.5. The topological polar surface area (TPSA) is 72.4 Å². The second kappa shape index (κ2) is 2.85. The van der Waals surface area contributed by atoms with Gasteiger partial charge in [0.2, 0.25) is 11.8 Å². The number of carbonyl (C=O) groups excluding carboxylic acids is 1. The predicted octanol–water partition coefficient (Wildman–Crippen LogP) is 0.0470. The maximum Gasteiger partial charge on any atom is 0.234 e. The van der Waals surface area contributed by atoms with Crippen molar-refractivity contribution >= 4 is 11.8 Å². The fourth-order valence-corrected chi connectivity index (χ4v) is 1.43. The maximum atomic E-state index is 11.4. The molecule has 1 aliphatic rings. The van der Waals surface area contributed by atoms with Crippen LogP contribution in [-0.4, -0.2) is 23.7 Å². The molecule has 0 aromatic carbocycles. The van der Waals surface area contributed by atoms with Gasteiger partial charge in [-0.1, -0.05) is 5.16 Å². The van der Waals surface area contributed by atoms with Crippen molar-refractivity contribution in [3.05, 3.63) is 11.8 Å². The number of anilines is 1. The van der Waals surface area contributed by atoms with Crippen molar-refractivity contribution in [1.29, 1.82) is 0 Å². The molecule has 1 amide bonds. The van der Waals surface area contributed by atoms with E-state index >= 15 is 0 Å². The number of amides is 1. The van der Waals surface area contributed by atoms with Gasteiger partial charge in [-0.3, -0.25) is 9.69 Å². The highest BCUT2D eigenvalue weighted by Gasteiger charge is 2.30. The van der Waals surface area contributed by atoms with Crippen LogP contribution in [0.2, 0.25) is 0 Å². The molecule has 1 aromatic heterocycles. The minimum atomic E-state index is -0.0853. The van der Waals surface area contributed by atoms with Gasteiger partial charge in [0.1, 0.15) is 0 Å². The van der Waals surface area contributed by atoms with Crippen LogP contribution in [0.1, 0.15) is 12.1 Å². The van der Waals surface area contributed by atoms with Gasteiger partial charge in [-0.25, -0.2) is 0 Å². The Morgan fingerprint density at radius 3 is 3.00 bits per heavy atom. The van der Waals surface area contributed by atoms with Crippen LogP contribution in [0.5, 0.6) is 0 Å². The number of hydrogen-bond donors (Lipinski definition) is 1. The van der Waals surface area contributed by atoms with Crippen LogP contribution in [0.3, 0.4) is 0 Å². The molecule has 2 heterocycles. The molecular formula is C8H11N3O2. The van der Waals surface area contributed by atoms with Crippen LogP contribution in [0.25, 0.3) is 0 Å². The summed E-state index contributed by atoms with van der Waals surface area (Å²) in [5, 5.41) is 3.71. The SMILES string of the molecule is Cc1cc(N2CC(N)CC2=O)on1. The molecule has 1 fully saturated rings. The summed E-state index contributed by atoms with van der Waals surface area (Å²) in [6.45, 7) is 2.33. The summed E-state index contributed by atoms with van der Waals surface area (Å²) in [6, 6.07) is 1.65. The molecule has 1 atom stereocenters. The lowest BCUT2D eigenvalue weighted by Crippen LogP contribution is -2.27. The minimum absolute atomic E-state index is 0.00338. The smallest absolute Gasteiger partial charge is 0.234 e.